The molecule has 0 rings (SSSR count). The van der Waals surface area contributed by atoms with Crippen LogP contribution in [0.3, 0.4) is 0 Å². The van der Waals surface area contributed by atoms with Crippen molar-refractivity contribution in [3.05, 3.63) is 0 Å². The van der Waals surface area contributed by atoms with Crippen LogP contribution >= 0.6 is 0 Å². The Morgan fingerprint density at radius 1 is 1.08 bits per heavy atom. The third-order valence-corrected chi connectivity index (χ3v) is 2.19. The summed E-state index contributed by atoms with van der Waals surface area (Å²) in [5.41, 5.74) is 0.478. The Hall–Kier alpha value is -0.0400. The molecule has 0 N–H and O–H groups in total. The Morgan fingerprint density at radius 2 is 1.62 bits per heavy atom. The molecule has 0 aromatic heterocycles. The first-order valence-electron chi connectivity index (χ1n) is 5.61. The number of unbranched alkanes of at least 4 members (excludes halogenated alkanes) is 1. The highest BCUT2D eigenvalue weighted by atomic mass is 16.5. The lowest BCUT2D eigenvalue weighted by molar-refractivity contribution is 0.146. The summed E-state index contributed by atoms with van der Waals surface area (Å²) in [4.78, 5) is 0. The minimum Gasteiger partial charge on any atom is -0.385 e. The molecule has 0 saturated heterocycles. The van der Waals surface area contributed by atoms with Crippen LogP contribution in [0.4, 0.5) is 0 Å². The summed E-state index contributed by atoms with van der Waals surface area (Å²) in [6.07, 6.45) is 5.16. The van der Waals surface area contributed by atoms with E-state index in [1.807, 2.05) is 13.8 Å². The Labute approximate surface area is 84.9 Å². The molecule has 82 valence electrons. The summed E-state index contributed by atoms with van der Waals surface area (Å²) >= 11 is 0. The SMILES string of the molecule is CC.CCCCC(C)(C)CCOC. The predicted octanol–water partition coefficient (Wildman–Crippen LogP) is 4.27. The van der Waals surface area contributed by atoms with Crippen molar-refractivity contribution in [2.24, 2.45) is 5.41 Å². The van der Waals surface area contributed by atoms with E-state index in [1.54, 1.807) is 7.11 Å². The van der Waals surface area contributed by atoms with Gasteiger partial charge in [-0.1, -0.05) is 47.5 Å². The number of methoxy groups -OCH3 is 1. The van der Waals surface area contributed by atoms with E-state index in [-0.39, 0.29) is 0 Å². The maximum absolute atomic E-state index is 5.06. The highest BCUT2D eigenvalue weighted by Crippen LogP contribution is 2.26. The van der Waals surface area contributed by atoms with Gasteiger partial charge < -0.3 is 4.74 Å². The van der Waals surface area contributed by atoms with Crippen LogP contribution in [-0.4, -0.2) is 13.7 Å². The maximum Gasteiger partial charge on any atom is 0.0467 e. The molecule has 1 heteroatoms. The van der Waals surface area contributed by atoms with Crippen LogP contribution in [0, 0.1) is 5.41 Å². The molecule has 0 fully saturated rings. The lowest BCUT2D eigenvalue weighted by Crippen LogP contribution is -2.13. The van der Waals surface area contributed by atoms with Crippen LogP contribution in [0.1, 0.15) is 60.3 Å². The largest absolute Gasteiger partial charge is 0.385 e. The second-order valence-corrected chi connectivity index (χ2v) is 4.01. The third kappa shape index (κ3) is 12.0. The van der Waals surface area contributed by atoms with E-state index in [1.165, 1.54) is 25.7 Å². The summed E-state index contributed by atoms with van der Waals surface area (Å²) < 4.78 is 5.06. The molecule has 13 heavy (non-hydrogen) atoms. The van der Waals surface area contributed by atoms with Gasteiger partial charge in [-0.15, -0.1) is 0 Å². The predicted molar refractivity (Wildman–Crippen MR) is 61.1 cm³/mol. The summed E-state index contributed by atoms with van der Waals surface area (Å²) in [5, 5.41) is 0. The highest BCUT2D eigenvalue weighted by molar-refractivity contribution is 4.67. The van der Waals surface area contributed by atoms with E-state index in [0.717, 1.165) is 6.61 Å². The van der Waals surface area contributed by atoms with E-state index >= 15 is 0 Å². The smallest absolute Gasteiger partial charge is 0.0467 e. The van der Waals surface area contributed by atoms with Crippen molar-refractivity contribution >= 4 is 0 Å². The van der Waals surface area contributed by atoms with Crippen molar-refractivity contribution in [1.29, 1.82) is 0 Å². The monoisotopic (exact) mass is 188 g/mol. The standard InChI is InChI=1S/C10H22O.C2H6/c1-5-6-7-10(2,3)8-9-11-4;1-2/h5-9H2,1-4H3;1-2H3. The highest BCUT2D eigenvalue weighted by Gasteiger charge is 2.15. The first-order chi connectivity index (χ1) is 6.12. The molecule has 0 aliphatic rings. The minimum absolute atomic E-state index is 0.478. The molecular formula is C12H28O. The molecule has 0 aliphatic carbocycles. The maximum atomic E-state index is 5.06. The molecule has 0 heterocycles. The molecule has 0 saturated carbocycles. The molecule has 1 nitrogen and oxygen atoms in total. The fourth-order valence-corrected chi connectivity index (χ4v) is 1.16. The average Bonchev–Trinajstić information content (AvgIpc) is 2.15. The zero-order chi connectivity index (χ0) is 10.7. The van der Waals surface area contributed by atoms with E-state index in [2.05, 4.69) is 20.8 Å². The van der Waals surface area contributed by atoms with Gasteiger partial charge in [-0.25, -0.2) is 0 Å². The molecule has 0 aliphatic heterocycles. The second kappa shape index (κ2) is 10.0. The third-order valence-electron chi connectivity index (χ3n) is 2.19. The van der Waals surface area contributed by atoms with Crippen molar-refractivity contribution < 1.29 is 4.74 Å². The quantitative estimate of drug-likeness (QED) is 0.605. The lowest BCUT2D eigenvalue weighted by Gasteiger charge is -2.23. The summed E-state index contributed by atoms with van der Waals surface area (Å²) in [5.74, 6) is 0. The molecule has 0 bridgehead atoms. The number of hydrogen-bond acceptors (Lipinski definition) is 1. The van der Waals surface area contributed by atoms with Gasteiger partial charge in [0.15, 0.2) is 0 Å². The van der Waals surface area contributed by atoms with Crippen molar-refractivity contribution in [2.75, 3.05) is 13.7 Å². The molecule has 0 radical (unpaired) electrons. The summed E-state index contributed by atoms with van der Waals surface area (Å²) in [6.45, 7) is 11.8. The van der Waals surface area contributed by atoms with E-state index in [4.69, 9.17) is 4.74 Å². The fraction of sp³-hybridized carbons (Fsp3) is 1.00. The zero-order valence-electron chi connectivity index (χ0n) is 10.4. The second-order valence-electron chi connectivity index (χ2n) is 4.01. The summed E-state index contributed by atoms with van der Waals surface area (Å²) in [6, 6.07) is 0. The van der Waals surface area contributed by atoms with Gasteiger partial charge >= 0.3 is 0 Å². The Morgan fingerprint density at radius 3 is 2.00 bits per heavy atom. The van der Waals surface area contributed by atoms with Crippen LogP contribution in [-0.2, 0) is 4.74 Å². The van der Waals surface area contributed by atoms with Gasteiger partial charge in [-0.3, -0.25) is 0 Å². The van der Waals surface area contributed by atoms with Gasteiger partial charge in [-0.2, -0.15) is 0 Å². The van der Waals surface area contributed by atoms with Crippen LogP contribution < -0.4 is 0 Å². The number of ether oxygens (including phenoxy) is 1. The topological polar surface area (TPSA) is 9.23 Å². The number of rotatable bonds is 6. The average molecular weight is 188 g/mol. The first-order valence-corrected chi connectivity index (χ1v) is 5.61. The van der Waals surface area contributed by atoms with Gasteiger partial charge in [-0.05, 0) is 18.3 Å². The van der Waals surface area contributed by atoms with Gasteiger partial charge in [0.05, 0.1) is 0 Å². The van der Waals surface area contributed by atoms with Gasteiger partial charge in [0.25, 0.3) is 0 Å². The fourth-order valence-electron chi connectivity index (χ4n) is 1.16. The van der Waals surface area contributed by atoms with Crippen LogP contribution in [0.5, 0.6) is 0 Å². The zero-order valence-corrected chi connectivity index (χ0v) is 10.4. The van der Waals surface area contributed by atoms with Crippen molar-refractivity contribution in [3.8, 4) is 0 Å². The van der Waals surface area contributed by atoms with E-state index in [0.29, 0.717) is 5.41 Å². The van der Waals surface area contributed by atoms with Crippen molar-refractivity contribution in [3.63, 3.8) is 0 Å². The molecule has 0 aromatic carbocycles. The lowest BCUT2D eigenvalue weighted by atomic mass is 9.84. The summed E-state index contributed by atoms with van der Waals surface area (Å²) in [7, 11) is 1.77. The Balaban J connectivity index is 0. The van der Waals surface area contributed by atoms with Crippen molar-refractivity contribution in [1.82, 2.24) is 0 Å². The first kappa shape index (κ1) is 15.4. The van der Waals surface area contributed by atoms with E-state index in [9.17, 15) is 0 Å². The minimum atomic E-state index is 0.478. The molecule has 0 atom stereocenters. The number of hydrogen-bond donors (Lipinski definition) is 0. The normalized spacial score (nSPS) is 10.6. The van der Waals surface area contributed by atoms with E-state index < -0.39 is 0 Å². The van der Waals surface area contributed by atoms with Crippen LogP contribution in [0.2, 0.25) is 0 Å². The molecule has 0 spiro atoms. The molecule has 0 amide bonds. The Bertz CT molecular complexity index is 77.1. The molecule has 0 unspecified atom stereocenters. The van der Waals surface area contributed by atoms with Gasteiger partial charge in [0, 0.05) is 13.7 Å². The Kier molecular flexibility index (Phi) is 11.9. The van der Waals surface area contributed by atoms with Gasteiger partial charge in [0.1, 0.15) is 0 Å². The van der Waals surface area contributed by atoms with Gasteiger partial charge in [0.2, 0.25) is 0 Å². The molecule has 0 aromatic rings. The van der Waals surface area contributed by atoms with Crippen LogP contribution in [0.15, 0.2) is 0 Å². The molecular weight excluding hydrogens is 160 g/mol. The van der Waals surface area contributed by atoms with Crippen LogP contribution in [0.25, 0.3) is 0 Å². The van der Waals surface area contributed by atoms with Crippen molar-refractivity contribution in [2.45, 2.75) is 60.3 Å².